The van der Waals surface area contributed by atoms with Gasteiger partial charge in [0.2, 0.25) is 0 Å². The van der Waals surface area contributed by atoms with E-state index in [9.17, 15) is 0 Å². The molecule has 140 valence electrons. The molecule has 0 radical (unpaired) electrons. The number of benzene rings is 2. The minimum atomic E-state index is 0. The quantitative estimate of drug-likeness (QED) is 0.246. The zero-order chi connectivity index (χ0) is 18.5. The summed E-state index contributed by atoms with van der Waals surface area (Å²) in [6, 6.07) is 21.8. The zero-order valence-electron chi connectivity index (χ0n) is 16.7. The summed E-state index contributed by atoms with van der Waals surface area (Å²) in [5.41, 5.74) is 4.05. The molecule has 0 aliphatic heterocycles. The molecule has 0 aliphatic rings. The van der Waals surface area contributed by atoms with Gasteiger partial charge < -0.3 is 13.8 Å². The molecule has 0 bridgehead atoms. The first-order valence-corrected chi connectivity index (χ1v) is 9.53. The Morgan fingerprint density at radius 2 is 1.38 bits per heavy atom. The van der Waals surface area contributed by atoms with Crippen molar-refractivity contribution < 1.29 is 25.8 Å². The van der Waals surface area contributed by atoms with E-state index < -0.39 is 0 Å². The van der Waals surface area contributed by atoms with Crippen molar-refractivity contribution in [2.75, 3.05) is 0 Å². The van der Waals surface area contributed by atoms with E-state index in [1.165, 1.54) is 40.3 Å². The molecule has 0 amide bonds. The van der Waals surface area contributed by atoms with E-state index in [4.69, 9.17) is 0 Å². The smallest absolute Gasteiger partial charge is 0 e. The Labute approximate surface area is 180 Å². The summed E-state index contributed by atoms with van der Waals surface area (Å²) in [6.45, 7) is 13.6. The summed E-state index contributed by atoms with van der Waals surface area (Å²) < 4.78 is 0. The van der Waals surface area contributed by atoms with E-state index in [1.54, 1.807) is 0 Å². The third-order valence-electron chi connectivity index (χ3n) is 4.01. The SMILES string of the molecule is CCc1cc2c(-c3ccccc3)cccc2[cH-]1.[CH2-]CCC.[CH2-]CCC.[Hf]. The second kappa shape index (κ2) is 15.0. The van der Waals surface area contributed by atoms with Crippen LogP contribution in [0.3, 0.4) is 0 Å². The summed E-state index contributed by atoms with van der Waals surface area (Å²) in [7, 11) is 0. The van der Waals surface area contributed by atoms with Crippen molar-refractivity contribution in [1.29, 1.82) is 0 Å². The number of unbranched alkanes of at least 4 members (excludes halogenated alkanes) is 2. The topological polar surface area (TPSA) is 0 Å². The van der Waals surface area contributed by atoms with Gasteiger partial charge in [-0.3, -0.25) is 0 Å². The van der Waals surface area contributed by atoms with E-state index in [0.717, 1.165) is 19.3 Å². The predicted molar refractivity (Wildman–Crippen MR) is 115 cm³/mol. The van der Waals surface area contributed by atoms with E-state index >= 15 is 0 Å². The van der Waals surface area contributed by atoms with Crippen LogP contribution >= 0.6 is 0 Å². The minimum Gasteiger partial charge on any atom is -0.343 e. The Bertz CT molecular complexity index is 687. The average molecular weight is 512 g/mol. The molecule has 3 aromatic carbocycles. The molecule has 26 heavy (non-hydrogen) atoms. The first-order valence-electron chi connectivity index (χ1n) is 9.53. The van der Waals surface area contributed by atoms with Gasteiger partial charge in [0.1, 0.15) is 0 Å². The Morgan fingerprint density at radius 1 is 0.808 bits per heavy atom. The van der Waals surface area contributed by atoms with Gasteiger partial charge in [0.05, 0.1) is 0 Å². The summed E-state index contributed by atoms with van der Waals surface area (Å²) in [6.07, 6.45) is 5.66. The fourth-order valence-corrected chi connectivity index (χ4v) is 2.37. The molecule has 0 atom stereocenters. The van der Waals surface area contributed by atoms with E-state index in [2.05, 4.69) is 95.3 Å². The molecule has 0 fully saturated rings. The first kappa shape index (κ1) is 24.9. The molecule has 0 saturated heterocycles. The summed E-state index contributed by atoms with van der Waals surface area (Å²) >= 11 is 0. The van der Waals surface area contributed by atoms with Crippen molar-refractivity contribution >= 4 is 10.8 Å². The normalized spacial score (nSPS) is 9.42. The Morgan fingerprint density at radius 3 is 1.88 bits per heavy atom. The van der Waals surface area contributed by atoms with E-state index in [0.29, 0.717) is 0 Å². The molecule has 0 N–H and O–H groups in total. The van der Waals surface area contributed by atoms with Crippen LogP contribution in [0.5, 0.6) is 0 Å². The summed E-state index contributed by atoms with van der Waals surface area (Å²) in [5.74, 6) is 0. The molecule has 3 rings (SSSR count). The van der Waals surface area contributed by atoms with Gasteiger partial charge in [-0.1, -0.05) is 75.6 Å². The average Bonchev–Trinajstić information content (AvgIpc) is 3.12. The monoisotopic (exact) mass is 513 g/mol. The molecule has 0 nitrogen and oxygen atoms in total. The maximum Gasteiger partial charge on any atom is 0 e. The third-order valence-corrected chi connectivity index (χ3v) is 4.01. The first-order chi connectivity index (χ1) is 12.2. The maximum atomic E-state index is 3.60. The van der Waals surface area contributed by atoms with Gasteiger partial charge in [-0.05, 0) is 12.0 Å². The van der Waals surface area contributed by atoms with Crippen LogP contribution in [0.4, 0.5) is 0 Å². The van der Waals surface area contributed by atoms with Crippen molar-refractivity contribution in [2.24, 2.45) is 0 Å². The fraction of sp³-hybridized carbons (Fsp3) is 0.320. The number of hydrogen-bond acceptors (Lipinski definition) is 0. The molecular formula is C25H33Hf-3. The largest absolute Gasteiger partial charge is 0.343 e. The van der Waals surface area contributed by atoms with Gasteiger partial charge in [0.15, 0.2) is 0 Å². The molecule has 0 spiro atoms. The third kappa shape index (κ3) is 8.08. The maximum absolute atomic E-state index is 3.60. The van der Waals surface area contributed by atoms with Crippen molar-refractivity contribution in [1.82, 2.24) is 0 Å². The molecule has 0 unspecified atom stereocenters. The predicted octanol–water partition coefficient (Wildman–Crippen LogP) is 8.03. The van der Waals surface area contributed by atoms with E-state index in [-0.39, 0.29) is 25.8 Å². The molecule has 0 heterocycles. The van der Waals surface area contributed by atoms with Crippen LogP contribution in [0.2, 0.25) is 0 Å². The van der Waals surface area contributed by atoms with Crippen LogP contribution in [0.1, 0.15) is 52.0 Å². The second-order valence-corrected chi connectivity index (χ2v) is 6.10. The van der Waals surface area contributed by atoms with Crippen LogP contribution < -0.4 is 0 Å². The molecule has 0 aliphatic carbocycles. The Kier molecular flexibility index (Phi) is 14.4. The summed E-state index contributed by atoms with van der Waals surface area (Å²) in [4.78, 5) is 0. The van der Waals surface area contributed by atoms with Gasteiger partial charge in [-0.15, -0.1) is 34.5 Å². The van der Waals surface area contributed by atoms with Crippen LogP contribution in [0, 0.1) is 13.8 Å². The van der Waals surface area contributed by atoms with Gasteiger partial charge in [-0.25, -0.2) is 0 Å². The molecule has 1 heteroatoms. The number of rotatable bonds is 4. The second-order valence-electron chi connectivity index (χ2n) is 6.10. The molecule has 0 aromatic heterocycles. The van der Waals surface area contributed by atoms with Crippen molar-refractivity contribution in [3.8, 4) is 11.1 Å². The number of fused-ring (bicyclic) bond motifs is 1. The Balaban J connectivity index is 0.000000596. The van der Waals surface area contributed by atoms with Crippen LogP contribution in [0.25, 0.3) is 21.9 Å². The number of hydrogen-bond donors (Lipinski definition) is 0. The van der Waals surface area contributed by atoms with Crippen LogP contribution in [-0.4, -0.2) is 0 Å². The standard InChI is InChI=1S/C17H15.2C4H9.Hf/c1-2-13-11-15-9-6-10-16(17(15)12-13)14-7-4-3-5-8-14;2*1-3-4-2;/h3-12H,2H2,1H3;2*1,3-4H2,2H3;/q3*-1;. The zero-order valence-corrected chi connectivity index (χ0v) is 20.3. The van der Waals surface area contributed by atoms with Gasteiger partial charge >= 0.3 is 0 Å². The molecule has 0 saturated carbocycles. The van der Waals surface area contributed by atoms with Crippen molar-refractivity contribution in [3.05, 3.63) is 80.1 Å². The molecule has 3 aromatic rings. The summed E-state index contributed by atoms with van der Waals surface area (Å²) in [5, 5.41) is 2.72. The fourth-order valence-electron chi connectivity index (χ4n) is 2.37. The van der Waals surface area contributed by atoms with Crippen molar-refractivity contribution in [3.63, 3.8) is 0 Å². The van der Waals surface area contributed by atoms with Crippen LogP contribution in [0.15, 0.2) is 60.7 Å². The van der Waals surface area contributed by atoms with E-state index in [1.807, 2.05) is 0 Å². The van der Waals surface area contributed by atoms with Crippen LogP contribution in [-0.2, 0) is 32.3 Å². The van der Waals surface area contributed by atoms with Gasteiger partial charge in [0, 0.05) is 25.8 Å². The minimum absolute atomic E-state index is 0. The Hall–Kier alpha value is -1.08. The van der Waals surface area contributed by atoms with Gasteiger partial charge in [-0.2, -0.15) is 18.9 Å². The van der Waals surface area contributed by atoms with Gasteiger partial charge in [0.25, 0.3) is 0 Å². The number of aryl methyl sites for hydroxylation is 1. The molecular weight excluding hydrogens is 479 g/mol. The van der Waals surface area contributed by atoms with Crippen molar-refractivity contribution in [2.45, 2.75) is 52.9 Å².